The van der Waals surface area contributed by atoms with E-state index in [9.17, 15) is 10.1 Å². The number of nitro groups is 1. The number of aryl methyl sites for hydroxylation is 1. The Morgan fingerprint density at radius 2 is 1.25 bits per heavy atom. The lowest BCUT2D eigenvalue weighted by Gasteiger charge is -2.29. The van der Waals surface area contributed by atoms with Crippen molar-refractivity contribution in [2.45, 2.75) is 12.3 Å². The van der Waals surface area contributed by atoms with Crippen LogP contribution < -0.4 is 15.9 Å². The summed E-state index contributed by atoms with van der Waals surface area (Å²) in [6.45, 7) is 0. The van der Waals surface area contributed by atoms with Gasteiger partial charge in [-0.2, -0.15) is 13.2 Å². The molecule has 0 spiro atoms. The van der Waals surface area contributed by atoms with E-state index in [-0.39, 0.29) is 22.3 Å². The third-order valence-electron chi connectivity index (χ3n) is 9.18. The lowest BCUT2D eigenvalue weighted by Crippen LogP contribution is -2.32. The van der Waals surface area contributed by atoms with Crippen LogP contribution in [0, 0.1) is 10.1 Å². The Bertz CT molecular complexity index is 2260. The van der Waals surface area contributed by atoms with Crippen LogP contribution in [0.5, 0.6) is 0 Å². The van der Waals surface area contributed by atoms with Gasteiger partial charge in [0, 0.05) is 29.6 Å². The zero-order valence-electron chi connectivity index (χ0n) is 27.5. The molecule has 0 unspecified atom stereocenters. The maximum atomic E-state index is 15.4. The molecule has 7 aromatic rings. The lowest BCUT2D eigenvalue weighted by molar-refractivity contribution is -0.385. The number of aromatic nitrogens is 2. The molecule has 0 fully saturated rings. The van der Waals surface area contributed by atoms with E-state index in [4.69, 9.17) is 0 Å². The Morgan fingerprint density at radius 1 is 0.765 bits per heavy atom. The fourth-order valence-electron chi connectivity index (χ4n) is 6.91. The molecule has 51 heavy (non-hydrogen) atoms. The molecule has 0 aliphatic rings. The number of hydrogen-bond acceptors (Lipinski definition) is 3. The molecule has 0 aliphatic carbocycles. The first-order valence-corrected chi connectivity index (χ1v) is 18.3. The van der Waals surface area contributed by atoms with Crippen molar-refractivity contribution in [3.63, 3.8) is 0 Å². The molecule has 5 nitrogen and oxygen atoms in total. The summed E-state index contributed by atoms with van der Waals surface area (Å²) in [6.07, 6.45) is -2.12. The van der Waals surface area contributed by atoms with E-state index in [2.05, 4.69) is 41.4 Å². The molecular formula is C42H32F3N3O2P+. The van der Waals surface area contributed by atoms with Crippen LogP contribution in [-0.4, -0.2) is 20.7 Å². The van der Waals surface area contributed by atoms with Crippen LogP contribution >= 0.6 is 7.26 Å². The maximum Gasteiger partial charge on any atom is 0.417 e. The Labute approximate surface area is 293 Å². The number of halogens is 3. The second-order valence-electron chi connectivity index (χ2n) is 12.2. The number of fused-ring (bicyclic) bond motifs is 1. The second-order valence-corrected chi connectivity index (χ2v) is 15.7. The van der Waals surface area contributed by atoms with Gasteiger partial charge in [0.1, 0.15) is 35.0 Å². The molecule has 2 aromatic heterocycles. The number of alkyl halides is 3. The van der Waals surface area contributed by atoms with E-state index in [1.807, 2.05) is 78.9 Å². The summed E-state index contributed by atoms with van der Waals surface area (Å²) < 4.78 is 47.8. The molecule has 5 aromatic carbocycles. The smallest absolute Gasteiger partial charge is 0.328 e. The summed E-state index contributed by atoms with van der Waals surface area (Å²) >= 11 is 0. The van der Waals surface area contributed by atoms with E-state index in [1.54, 1.807) is 41.9 Å². The van der Waals surface area contributed by atoms with Crippen LogP contribution in [0.3, 0.4) is 0 Å². The highest BCUT2D eigenvalue weighted by Gasteiger charge is 2.46. The van der Waals surface area contributed by atoms with Gasteiger partial charge in [-0.1, -0.05) is 109 Å². The molecule has 0 saturated carbocycles. The SMILES string of the molecule is Cn1c(-c2ccccc2C[P+](c2ccccc2)(c2ccccc2)c2ccccc2)c(C(=Cc2ccccc2)C(F)(F)F)c2cc([N+](=O)[O-])cnc21. The van der Waals surface area contributed by atoms with Crippen molar-refractivity contribution in [1.82, 2.24) is 9.55 Å². The van der Waals surface area contributed by atoms with E-state index in [0.717, 1.165) is 33.7 Å². The van der Waals surface area contributed by atoms with Crippen LogP contribution in [-0.2, 0) is 13.2 Å². The molecule has 0 saturated heterocycles. The summed E-state index contributed by atoms with van der Waals surface area (Å²) in [6, 6.07) is 47.9. The molecule has 2 heterocycles. The summed E-state index contributed by atoms with van der Waals surface area (Å²) in [5.41, 5.74) is 0.798. The lowest BCUT2D eigenvalue weighted by atomic mass is 9.94. The molecular weight excluding hydrogens is 666 g/mol. The van der Waals surface area contributed by atoms with Gasteiger partial charge in [-0.15, -0.1) is 0 Å². The Hall–Kier alpha value is -5.85. The van der Waals surface area contributed by atoms with Crippen molar-refractivity contribution >= 4 is 51.5 Å². The van der Waals surface area contributed by atoms with Gasteiger partial charge in [0.2, 0.25) is 0 Å². The first-order valence-electron chi connectivity index (χ1n) is 16.3. The van der Waals surface area contributed by atoms with Crippen LogP contribution in [0.1, 0.15) is 16.7 Å². The number of pyridine rings is 1. The average molecular weight is 699 g/mol. The van der Waals surface area contributed by atoms with E-state index < -0.39 is 29.6 Å². The van der Waals surface area contributed by atoms with E-state index in [0.29, 0.717) is 17.3 Å². The topological polar surface area (TPSA) is 61.0 Å². The van der Waals surface area contributed by atoms with E-state index in [1.165, 1.54) is 6.07 Å². The molecule has 0 atom stereocenters. The standard InChI is InChI=1S/C42H32F3N3O2P/c1-47-40(39(37-27-32(48(49)50)28-46-41(37)47)38(42(43,44)45)26-30-16-6-2-7-17-30)36-25-15-14-18-31(36)29-51(33-19-8-3-9-20-33,34-21-10-4-11-22-34)35-23-12-5-13-24-35/h2-28H,29H2,1H3/q+1. The van der Waals surface area contributed by atoms with Crippen molar-refractivity contribution in [2.24, 2.45) is 7.05 Å². The first-order chi connectivity index (χ1) is 24.7. The van der Waals surface area contributed by atoms with Gasteiger partial charge in [-0.25, -0.2) is 4.98 Å². The number of nitrogens with zero attached hydrogens (tertiary/aromatic N) is 3. The largest absolute Gasteiger partial charge is 0.417 e. The predicted octanol–water partition coefficient (Wildman–Crippen LogP) is 9.75. The van der Waals surface area contributed by atoms with Gasteiger partial charge in [0.05, 0.1) is 22.4 Å². The van der Waals surface area contributed by atoms with Gasteiger partial charge in [0.25, 0.3) is 5.69 Å². The summed E-state index contributed by atoms with van der Waals surface area (Å²) in [4.78, 5) is 15.6. The van der Waals surface area contributed by atoms with Gasteiger partial charge in [0.15, 0.2) is 0 Å². The van der Waals surface area contributed by atoms with Crippen molar-refractivity contribution < 1.29 is 18.1 Å². The third kappa shape index (κ3) is 6.35. The van der Waals surface area contributed by atoms with Gasteiger partial charge in [-0.05, 0) is 53.6 Å². The van der Waals surface area contributed by atoms with Crippen LogP contribution in [0.2, 0.25) is 0 Å². The van der Waals surface area contributed by atoms with Gasteiger partial charge >= 0.3 is 6.18 Å². The fourth-order valence-corrected chi connectivity index (χ4v) is 11.2. The monoisotopic (exact) mass is 698 g/mol. The minimum absolute atomic E-state index is 0.0475. The molecule has 252 valence electrons. The quantitative estimate of drug-likeness (QED) is 0.0857. The molecule has 0 bridgehead atoms. The van der Waals surface area contributed by atoms with Crippen LogP contribution in [0.25, 0.3) is 33.9 Å². The number of benzene rings is 5. The number of rotatable bonds is 9. The minimum atomic E-state index is -4.81. The first kappa shape index (κ1) is 33.6. The van der Waals surface area contributed by atoms with Gasteiger partial charge in [-0.3, -0.25) is 10.1 Å². The average Bonchev–Trinajstić information content (AvgIpc) is 3.44. The zero-order valence-corrected chi connectivity index (χ0v) is 28.4. The Kier molecular flexibility index (Phi) is 9.11. The molecule has 9 heteroatoms. The highest BCUT2D eigenvalue weighted by atomic mass is 31.2. The van der Waals surface area contributed by atoms with Crippen molar-refractivity contribution in [3.8, 4) is 11.3 Å². The molecule has 7 rings (SSSR count). The van der Waals surface area contributed by atoms with Crippen molar-refractivity contribution in [2.75, 3.05) is 0 Å². The van der Waals surface area contributed by atoms with Crippen molar-refractivity contribution in [3.05, 3.63) is 185 Å². The summed E-state index contributed by atoms with van der Waals surface area (Å²) in [7, 11) is -0.802. The fraction of sp³-hybridized carbons (Fsp3) is 0.0714. The molecule has 0 N–H and O–H groups in total. The van der Waals surface area contributed by atoms with Gasteiger partial charge < -0.3 is 4.57 Å². The minimum Gasteiger partial charge on any atom is -0.328 e. The number of hydrogen-bond donors (Lipinski definition) is 0. The highest BCUT2D eigenvalue weighted by Crippen LogP contribution is 2.59. The second kappa shape index (κ2) is 13.8. The van der Waals surface area contributed by atoms with Crippen LogP contribution in [0.15, 0.2) is 158 Å². The van der Waals surface area contributed by atoms with E-state index >= 15 is 13.2 Å². The Morgan fingerprint density at radius 3 is 1.76 bits per heavy atom. The van der Waals surface area contributed by atoms with Crippen molar-refractivity contribution in [1.29, 1.82) is 0 Å². The van der Waals surface area contributed by atoms with Crippen LogP contribution in [0.4, 0.5) is 18.9 Å². The number of allylic oxidation sites excluding steroid dienone is 1. The zero-order chi connectivity index (χ0) is 35.6. The predicted molar refractivity (Wildman–Crippen MR) is 202 cm³/mol. The Balaban J connectivity index is 1.56. The summed E-state index contributed by atoms with van der Waals surface area (Å²) in [5, 5.41) is 15.4. The molecule has 0 radical (unpaired) electrons. The third-order valence-corrected chi connectivity index (χ3v) is 13.5. The summed E-state index contributed by atoms with van der Waals surface area (Å²) in [5.74, 6) is 0. The maximum absolute atomic E-state index is 15.4. The normalized spacial score (nSPS) is 12.3. The molecule has 0 amide bonds. The molecule has 0 aliphatic heterocycles. The highest BCUT2D eigenvalue weighted by molar-refractivity contribution is 7.95.